The molecule has 3 nitrogen and oxygen atoms in total. The van der Waals surface area contributed by atoms with E-state index in [4.69, 9.17) is 11.6 Å². The minimum absolute atomic E-state index is 0.0794. The van der Waals surface area contributed by atoms with Gasteiger partial charge in [-0.15, -0.1) is 11.3 Å². The zero-order valence-electron chi connectivity index (χ0n) is 10.7. The number of hydrogen-bond donors (Lipinski definition) is 0. The van der Waals surface area contributed by atoms with Gasteiger partial charge in [-0.3, -0.25) is 4.79 Å². The van der Waals surface area contributed by atoms with E-state index in [1.165, 1.54) is 0 Å². The van der Waals surface area contributed by atoms with Crippen LogP contribution in [0, 0.1) is 0 Å². The summed E-state index contributed by atoms with van der Waals surface area (Å²) in [6, 6.07) is 7.17. The summed E-state index contributed by atoms with van der Waals surface area (Å²) in [5.74, 6) is 0.0794. The maximum Gasteiger partial charge on any atom is 0.165 e. The van der Waals surface area contributed by atoms with Gasteiger partial charge in [0.25, 0.3) is 0 Å². The summed E-state index contributed by atoms with van der Waals surface area (Å²) in [7, 11) is 1.99. The first kappa shape index (κ1) is 14.2. The second kappa shape index (κ2) is 6.80. The maximum absolute atomic E-state index is 12.0. The largest absolute Gasteiger partial charge is 0.300 e. The van der Waals surface area contributed by atoms with Crippen molar-refractivity contribution in [1.29, 1.82) is 0 Å². The van der Waals surface area contributed by atoms with Crippen molar-refractivity contribution >= 4 is 28.7 Å². The summed E-state index contributed by atoms with van der Waals surface area (Å²) in [6.07, 6.45) is 0.463. The molecule has 0 aliphatic carbocycles. The van der Waals surface area contributed by atoms with E-state index in [1.54, 1.807) is 23.5 Å². The van der Waals surface area contributed by atoms with Crippen molar-refractivity contribution in [3.8, 4) is 0 Å². The SMILES string of the molecule is CN(CCC(=O)c1ccccc1Cl)Cc1cscn1. The molecule has 0 atom stereocenters. The normalized spacial score (nSPS) is 10.9. The van der Waals surface area contributed by atoms with Gasteiger partial charge in [-0.05, 0) is 19.2 Å². The molecule has 2 aromatic rings. The molecule has 0 unspecified atom stereocenters. The number of carbonyl (C=O) groups excluding carboxylic acids is 1. The van der Waals surface area contributed by atoms with Crippen molar-refractivity contribution in [3.63, 3.8) is 0 Å². The Morgan fingerprint density at radius 3 is 2.89 bits per heavy atom. The molecule has 0 aliphatic rings. The number of hydrogen-bond acceptors (Lipinski definition) is 4. The highest BCUT2D eigenvalue weighted by molar-refractivity contribution is 7.07. The highest BCUT2D eigenvalue weighted by atomic mass is 35.5. The van der Waals surface area contributed by atoms with Gasteiger partial charge in [-0.25, -0.2) is 4.98 Å². The average Bonchev–Trinajstić information content (AvgIpc) is 2.89. The van der Waals surface area contributed by atoms with Crippen LogP contribution in [0.1, 0.15) is 22.5 Å². The van der Waals surface area contributed by atoms with E-state index in [1.807, 2.05) is 30.1 Å². The van der Waals surface area contributed by atoms with E-state index in [0.717, 1.165) is 12.2 Å². The molecule has 5 heteroatoms. The molecule has 2 rings (SSSR count). The van der Waals surface area contributed by atoms with E-state index >= 15 is 0 Å². The fraction of sp³-hybridized carbons (Fsp3) is 0.286. The van der Waals surface area contributed by atoms with Crippen LogP contribution >= 0.6 is 22.9 Å². The van der Waals surface area contributed by atoms with Gasteiger partial charge in [0.1, 0.15) is 0 Å². The lowest BCUT2D eigenvalue weighted by Gasteiger charge is -2.14. The molecular formula is C14H15ClN2OS. The summed E-state index contributed by atoms with van der Waals surface area (Å²) in [4.78, 5) is 18.4. The predicted molar refractivity (Wildman–Crippen MR) is 78.8 cm³/mol. The number of rotatable bonds is 6. The molecule has 1 heterocycles. The Balaban J connectivity index is 1.85. The van der Waals surface area contributed by atoms with Crippen molar-refractivity contribution in [2.24, 2.45) is 0 Å². The van der Waals surface area contributed by atoms with Gasteiger partial charge in [0, 0.05) is 30.5 Å². The van der Waals surface area contributed by atoms with Gasteiger partial charge >= 0.3 is 0 Å². The molecule has 100 valence electrons. The Morgan fingerprint density at radius 2 is 2.21 bits per heavy atom. The van der Waals surface area contributed by atoms with E-state index in [2.05, 4.69) is 9.88 Å². The van der Waals surface area contributed by atoms with Crippen LogP contribution in [0.2, 0.25) is 5.02 Å². The number of thiazole rings is 1. The molecule has 0 bridgehead atoms. The number of ketones is 1. The second-order valence-electron chi connectivity index (χ2n) is 4.37. The Hall–Kier alpha value is -1.23. The molecule has 0 saturated heterocycles. The third-order valence-electron chi connectivity index (χ3n) is 2.81. The highest BCUT2D eigenvalue weighted by Crippen LogP contribution is 2.17. The lowest BCUT2D eigenvalue weighted by molar-refractivity contribution is 0.0968. The fourth-order valence-electron chi connectivity index (χ4n) is 1.79. The minimum atomic E-state index is 0.0794. The van der Waals surface area contributed by atoms with E-state index in [-0.39, 0.29) is 5.78 Å². The monoisotopic (exact) mass is 294 g/mol. The van der Waals surface area contributed by atoms with Gasteiger partial charge < -0.3 is 4.90 Å². The summed E-state index contributed by atoms with van der Waals surface area (Å²) in [6.45, 7) is 1.46. The fourth-order valence-corrected chi connectivity index (χ4v) is 2.58. The Bertz CT molecular complexity index is 542. The Labute approximate surface area is 121 Å². The second-order valence-corrected chi connectivity index (χ2v) is 5.50. The van der Waals surface area contributed by atoms with Crippen molar-refractivity contribution in [2.75, 3.05) is 13.6 Å². The van der Waals surface area contributed by atoms with Crippen LogP contribution in [-0.4, -0.2) is 29.3 Å². The predicted octanol–water partition coefficient (Wildman–Crippen LogP) is 3.50. The third kappa shape index (κ3) is 4.13. The van der Waals surface area contributed by atoms with E-state index in [9.17, 15) is 4.79 Å². The van der Waals surface area contributed by atoms with E-state index < -0.39 is 0 Å². The number of carbonyl (C=O) groups is 1. The van der Waals surface area contributed by atoms with Crippen LogP contribution in [-0.2, 0) is 6.54 Å². The molecule has 0 N–H and O–H groups in total. The first-order chi connectivity index (χ1) is 9.16. The molecule has 1 aromatic heterocycles. The van der Waals surface area contributed by atoms with Crippen LogP contribution in [0.15, 0.2) is 35.2 Å². The number of benzene rings is 1. The molecule has 0 aliphatic heterocycles. The molecule has 0 radical (unpaired) electrons. The molecule has 1 aromatic carbocycles. The number of Topliss-reactive ketones (excluding diaryl/α,β-unsaturated/α-hetero) is 1. The minimum Gasteiger partial charge on any atom is -0.300 e. The Kier molecular flexibility index (Phi) is 5.07. The van der Waals surface area contributed by atoms with Crippen molar-refractivity contribution in [1.82, 2.24) is 9.88 Å². The van der Waals surface area contributed by atoms with Gasteiger partial charge in [0.2, 0.25) is 0 Å². The summed E-state index contributed by atoms with van der Waals surface area (Å²) in [5, 5.41) is 2.54. The smallest absolute Gasteiger partial charge is 0.165 e. The maximum atomic E-state index is 12.0. The lowest BCUT2D eigenvalue weighted by Crippen LogP contribution is -2.21. The van der Waals surface area contributed by atoms with Crippen molar-refractivity contribution in [2.45, 2.75) is 13.0 Å². The highest BCUT2D eigenvalue weighted by Gasteiger charge is 2.11. The van der Waals surface area contributed by atoms with Crippen LogP contribution in [0.25, 0.3) is 0 Å². The standard InChI is InChI=1S/C14H15ClN2OS/c1-17(8-11-9-19-10-16-11)7-6-14(18)12-4-2-3-5-13(12)15/h2-5,9-10H,6-8H2,1H3. The topological polar surface area (TPSA) is 33.2 Å². The molecule has 19 heavy (non-hydrogen) atoms. The van der Waals surface area contributed by atoms with Gasteiger partial charge in [-0.2, -0.15) is 0 Å². The molecule has 0 spiro atoms. The number of halogens is 1. The first-order valence-corrected chi connectivity index (χ1v) is 7.32. The number of aromatic nitrogens is 1. The number of nitrogens with zero attached hydrogens (tertiary/aromatic N) is 2. The molecule has 0 amide bonds. The van der Waals surface area contributed by atoms with Crippen LogP contribution in [0.5, 0.6) is 0 Å². The summed E-state index contributed by atoms with van der Waals surface area (Å²) < 4.78 is 0. The molecule has 0 saturated carbocycles. The quantitative estimate of drug-likeness (QED) is 0.765. The van der Waals surface area contributed by atoms with Crippen molar-refractivity contribution in [3.05, 3.63) is 51.4 Å². The van der Waals surface area contributed by atoms with Gasteiger partial charge in [0.05, 0.1) is 16.2 Å². The zero-order chi connectivity index (χ0) is 13.7. The van der Waals surface area contributed by atoms with Crippen LogP contribution < -0.4 is 0 Å². The Morgan fingerprint density at radius 1 is 1.42 bits per heavy atom. The summed E-state index contributed by atoms with van der Waals surface area (Å²) in [5.41, 5.74) is 3.46. The van der Waals surface area contributed by atoms with Gasteiger partial charge in [0.15, 0.2) is 5.78 Å². The van der Waals surface area contributed by atoms with Crippen LogP contribution in [0.3, 0.4) is 0 Å². The van der Waals surface area contributed by atoms with E-state index in [0.29, 0.717) is 23.6 Å². The van der Waals surface area contributed by atoms with Crippen molar-refractivity contribution < 1.29 is 4.79 Å². The molecular weight excluding hydrogens is 280 g/mol. The zero-order valence-corrected chi connectivity index (χ0v) is 12.2. The third-order valence-corrected chi connectivity index (χ3v) is 3.78. The van der Waals surface area contributed by atoms with Crippen LogP contribution in [0.4, 0.5) is 0 Å². The lowest BCUT2D eigenvalue weighted by atomic mass is 10.1. The summed E-state index contributed by atoms with van der Waals surface area (Å²) >= 11 is 7.59. The molecule has 0 fully saturated rings. The first-order valence-electron chi connectivity index (χ1n) is 6.00. The van der Waals surface area contributed by atoms with Gasteiger partial charge in [-0.1, -0.05) is 23.7 Å². The average molecular weight is 295 g/mol.